The number of pyridine rings is 1. The number of H-pyrrole nitrogens is 1. The number of benzene rings is 1. The van der Waals surface area contributed by atoms with Gasteiger partial charge in [-0.1, -0.05) is 18.2 Å². The lowest BCUT2D eigenvalue weighted by Gasteiger charge is -2.16. The zero-order valence-corrected chi connectivity index (χ0v) is 10.3. The highest BCUT2D eigenvalue weighted by atomic mass is 16.2. The molecule has 1 N–H and O–H groups in total. The number of aromatic nitrogens is 1. The first-order valence-electron chi connectivity index (χ1n) is 5.65. The molecule has 0 aliphatic rings. The maximum absolute atomic E-state index is 12.3. The van der Waals surface area contributed by atoms with Crippen LogP contribution in [0.25, 0.3) is 0 Å². The van der Waals surface area contributed by atoms with E-state index in [1.165, 1.54) is 18.1 Å². The minimum atomic E-state index is -0.403. The summed E-state index contributed by atoms with van der Waals surface area (Å²) >= 11 is 0. The van der Waals surface area contributed by atoms with Gasteiger partial charge in [-0.3, -0.25) is 14.4 Å². The Morgan fingerprint density at radius 2 is 1.95 bits per heavy atom. The Labute approximate surface area is 109 Å². The van der Waals surface area contributed by atoms with Crippen LogP contribution >= 0.6 is 0 Å². The van der Waals surface area contributed by atoms with Crippen molar-refractivity contribution in [3.05, 3.63) is 64.1 Å². The molecule has 0 spiro atoms. The fourth-order valence-electron chi connectivity index (χ4n) is 1.76. The molecule has 0 fully saturated rings. The van der Waals surface area contributed by atoms with E-state index in [9.17, 15) is 14.4 Å². The lowest BCUT2D eigenvalue weighted by atomic mass is 10.1. The van der Waals surface area contributed by atoms with Crippen LogP contribution in [0.3, 0.4) is 0 Å². The van der Waals surface area contributed by atoms with Crippen molar-refractivity contribution in [3.8, 4) is 0 Å². The summed E-state index contributed by atoms with van der Waals surface area (Å²) in [7, 11) is 1.49. The number of nitrogens with one attached hydrogen (secondary N) is 1. The molecule has 2 aromatic rings. The first kappa shape index (κ1) is 12.8. The molecule has 0 saturated heterocycles. The topological polar surface area (TPSA) is 70.2 Å². The summed E-state index contributed by atoms with van der Waals surface area (Å²) in [5, 5.41) is 0. The van der Waals surface area contributed by atoms with Gasteiger partial charge in [-0.15, -0.1) is 0 Å². The molecule has 19 heavy (non-hydrogen) atoms. The van der Waals surface area contributed by atoms with Crippen molar-refractivity contribution in [2.75, 3.05) is 11.9 Å². The minimum Gasteiger partial charge on any atom is -0.327 e. The van der Waals surface area contributed by atoms with Gasteiger partial charge in [0, 0.05) is 18.8 Å². The Kier molecular flexibility index (Phi) is 3.56. The summed E-state index contributed by atoms with van der Waals surface area (Å²) in [5.41, 5.74) is 0.435. The quantitative estimate of drug-likeness (QED) is 0.845. The maximum Gasteiger partial charge on any atom is 0.271 e. The Hall–Kier alpha value is -2.69. The number of carbonyl (C=O) groups excluding carboxylic acids is 2. The standard InChI is InChI=1S/C14H12N2O3/c1-16(12-7-4-8-15-13(12)18)14(19)11-6-3-2-5-10(11)9-17/h2-9H,1H3,(H,15,18). The van der Waals surface area contributed by atoms with Crippen LogP contribution in [0.15, 0.2) is 47.4 Å². The van der Waals surface area contributed by atoms with Crippen LogP contribution in [0.2, 0.25) is 0 Å². The van der Waals surface area contributed by atoms with Crippen LogP contribution < -0.4 is 10.5 Å². The molecule has 0 aliphatic heterocycles. The molecule has 0 radical (unpaired) electrons. The summed E-state index contributed by atoms with van der Waals surface area (Å²) in [6.07, 6.45) is 2.11. The van der Waals surface area contributed by atoms with Gasteiger partial charge in [0.1, 0.15) is 5.69 Å². The number of aldehydes is 1. The SMILES string of the molecule is CN(C(=O)c1ccccc1C=O)c1ccc[nH]c1=O. The van der Waals surface area contributed by atoms with E-state index in [1.807, 2.05) is 0 Å². The van der Waals surface area contributed by atoms with E-state index in [4.69, 9.17) is 0 Å². The molecular weight excluding hydrogens is 244 g/mol. The normalized spacial score (nSPS) is 9.95. The van der Waals surface area contributed by atoms with Gasteiger partial charge in [-0.25, -0.2) is 0 Å². The Balaban J connectivity index is 2.42. The maximum atomic E-state index is 12.3. The number of hydrogen-bond acceptors (Lipinski definition) is 3. The number of carbonyl (C=O) groups is 2. The first-order chi connectivity index (χ1) is 9.15. The molecule has 1 heterocycles. The number of hydrogen-bond donors (Lipinski definition) is 1. The van der Waals surface area contributed by atoms with Crippen molar-refractivity contribution in [1.82, 2.24) is 4.98 Å². The van der Waals surface area contributed by atoms with Crippen LogP contribution in [0.4, 0.5) is 5.69 Å². The highest BCUT2D eigenvalue weighted by Crippen LogP contribution is 2.13. The smallest absolute Gasteiger partial charge is 0.271 e. The van der Waals surface area contributed by atoms with Gasteiger partial charge in [0.25, 0.3) is 11.5 Å². The second-order valence-corrected chi connectivity index (χ2v) is 3.95. The lowest BCUT2D eigenvalue weighted by Crippen LogP contribution is -2.31. The zero-order chi connectivity index (χ0) is 13.8. The minimum absolute atomic E-state index is 0.230. The Morgan fingerprint density at radius 3 is 2.63 bits per heavy atom. The zero-order valence-electron chi connectivity index (χ0n) is 10.3. The Morgan fingerprint density at radius 1 is 1.21 bits per heavy atom. The van der Waals surface area contributed by atoms with E-state index in [-0.39, 0.29) is 16.8 Å². The summed E-state index contributed by atoms with van der Waals surface area (Å²) in [5.74, 6) is -0.403. The molecule has 5 heteroatoms. The number of aromatic amines is 1. The molecule has 0 bridgehead atoms. The summed E-state index contributed by atoms with van der Waals surface area (Å²) in [4.78, 5) is 38.6. The molecule has 0 unspecified atom stereocenters. The van der Waals surface area contributed by atoms with Crippen molar-refractivity contribution in [2.24, 2.45) is 0 Å². The fourth-order valence-corrected chi connectivity index (χ4v) is 1.76. The van der Waals surface area contributed by atoms with Crippen LogP contribution in [0.1, 0.15) is 20.7 Å². The predicted octanol–water partition coefficient (Wildman–Crippen LogP) is 1.46. The highest BCUT2D eigenvalue weighted by molar-refractivity contribution is 6.09. The van der Waals surface area contributed by atoms with Gasteiger partial charge in [0.05, 0.1) is 5.56 Å². The monoisotopic (exact) mass is 256 g/mol. The van der Waals surface area contributed by atoms with E-state index >= 15 is 0 Å². The van der Waals surface area contributed by atoms with E-state index in [1.54, 1.807) is 36.4 Å². The molecule has 1 aromatic heterocycles. The van der Waals surface area contributed by atoms with Gasteiger partial charge in [0.15, 0.2) is 6.29 Å². The summed E-state index contributed by atoms with van der Waals surface area (Å²) in [6, 6.07) is 9.63. The number of rotatable bonds is 3. The van der Waals surface area contributed by atoms with E-state index < -0.39 is 5.91 Å². The second kappa shape index (κ2) is 5.30. The first-order valence-corrected chi connectivity index (χ1v) is 5.65. The van der Waals surface area contributed by atoms with Crippen molar-refractivity contribution in [3.63, 3.8) is 0 Å². The van der Waals surface area contributed by atoms with E-state index in [2.05, 4.69) is 4.98 Å². The number of amides is 1. The molecule has 96 valence electrons. The van der Waals surface area contributed by atoms with E-state index in [0.29, 0.717) is 11.8 Å². The Bertz CT molecular complexity index is 676. The lowest BCUT2D eigenvalue weighted by molar-refractivity contribution is 0.0986. The molecule has 0 saturated carbocycles. The van der Waals surface area contributed by atoms with Crippen LogP contribution in [-0.2, 0) is 0 Å². The van der Waals surface area contributed by atoms with Crippen molar-refractivity contribution in [1.29, 1.82) is 0 Å². The number of nitrogens with zero attached hydrogens (tertiary/aromatic N) is 1. The molecule has 1 aromatic carbocycles. The average molecular weight is 256 g/mol. The average Bonchev–Trinajstić information content (AvgIpc) is 2.46. The fraction of sp³-hybridized carbons (Fsp3) is 0.0714. The molecular formula is C14H12N2O3. The van der Waals surface area contributed by atoms with Gasteiger partial charge >= 0.3 is 0 Å². The van der Waals surface area contributed by atoms with Crippen molar-refractivity contribution >= 4 is 17.9 Å². The summed E-state index contributed by atoms with van der Waals surface area (Å²) < 4.78 is 0. The summed E-state index contributed by atoms with van der Waals surface area (Å²) in [6.45, 7) is 0. The van der Waals surface area contributed by atoms with Crippen LogP contribution in [-0.4, -0.2) is 24.2 Å². The third-order valence-electron chi connectivity index (χ3n) is 2.78. The molecule has 5 nitrogen and oxygen atoms in total. The number of anilines is 1. The van der Waals surface area contributed by atoms with Gasteiger partial charge in [-0.2, -0.15) is 0 Å². The van der Waals surface area contributed by atoms with E-state index in [0.717, 1.165) is 0 Å². The molecule has 1 amide bonds. The largest absolute Gasteiger partial charge is 0.327 e. The highest BCUT2D eigenvalue weighted by Gasteiger charge is 2.18. The van der Waals surface area contributed by atoms with Crippen molar-refractivity contribution in [2.45, 2.75) is 0 Å². The van der Waals surface area contributed by atoms with Crippen LogP contribution in [0, 0.1) is 0 Å². The molecule has 0 aliphatic carbocycles. The van der Waals surface area contributed by atoms with Crippen molar-refractivity contribution < 1.29 is 9.59 Å². The van der Waals surface area contributed by atoms with Gasteiger partial charge in [0.2, 0.25) is 0 Å². The third kappa shape index (κ3) is 2.44. The second-order valence-electron chi connectivity index (χ2n) is 3.95. The third-order valence-corrected chi connectivity index (χ3v) is 2.78. The van der Waals surface area contributed by atoms with Crippen LogP contribution in [0.5, 0.6) is 0 Å². The van der Waals surface area contributed by atoms with Gasteiger partial charge in [-0.05, 0) is 18.2 Å². The molecule has 2 rings (SSSR count). The molecule has 0 atom stereocenters. The predicted molar refractivity (Wildman–Crippen MR) is 71.6 cm³/mol. The van der Waals surface area contributed by atoms with Gasteiger partial charge < -0.3 is 9.88 Å².